The molecule has 136 valence electrons. The summed E-state index contributed by atoms with van der Waals surface area (Å²) >= 11 is 0. The summed E-state index contributed by atoms with van der Waals surface area (Å²) in [5.41, 5.74) is 6.57. The zero-order valence-corrected chi connectivity index (χ0v) is 15.0. The Labute approximate surface area is 147 Å². The van der Waals surface area contributed by atoms with Gasteiger partial charge in [-0.15, -0.1) is 0 Å². The van der Waals surface area contributed by atoms with Gasteiger partial charge in [0, 0.05) is 6.42 Å². The summed E-state index contributed by atoms with van der Waals surface area (Å²) in [5, 5.41) is 9.07. The molecule has 0 bridgehead atoms. The predicted octanol–water partition coefficient (Wildman–Crippen LogP) is 1.17. The Hall–Kier alpha value is -1.98. The second-order valence-electron chi connectivity index (χ2n) is 6.79. The van der Waals surface area contributed by atoms with Gasteiger partial charge in [-0.1, -0.05) is 30.3 Å². The third-order valence-corrected chi connectivity index (χ3v) is 7.27. The molecule has 2 rings (SSSR count). The fraction of sp³-hybridized carbons (Fsp3) is 0.529. The Morgan fingerprint density at radius 1 is 1.44 bits per heavy atom. The number of rotatable bonds is 5. The number of carbonyl (C=O) groups is 1. The van der Waals surface area contributed by atoms with Gasteiger partial charge in [0.05, 0.1) is 23.1 Å². The quantitative estimate of drug-likeness (QED) is 0.841. The molecule has 8 heteroatoms. The Morgan fingerprint density at radius 3 is 2.60 bits per heavy atom. The second-order valence-corrected chi connectivity index (χ2v) is 9.36. The summed E-state index contributed by atoms with van der Waals surface area (Å²) < 4.78 is 37.6. The highest BCUT2D eigenvalue weighted by Crippen LogP contribution is 2.28. The summed E-state index contributed by atoms with van der Waals surface area (Å²) in [6.45, 7) is 2.54. The van der Waals surface area contributed by atoms with Crippen molar-refractivity contribution in [1.29, 1.82) is 5.26 Å². The lowest BCUT2D eigenvalue weighted by Gasteiger charge is -2.33. The molecule has 1 aromatic rings. The Bertz CT molecular complexity index is 774. The molecule has 0 unspecified atom stereocenters. The van der Waals surface area contributed by atoms with Crippen LogP contribution >= 0.6 is 0 Å². The van der Waals surface area contributed by atoms with E-state index in [-0.39, 0.29) is 18.7 Å². The number of alkyl halides is 1. The van der Waals surface area contributed by atoms with Gasteiger partial charge in [-0.2, -0.15) is 5.26 Å². The van der Waals surface area contributed by atoms with Crippen molar-refractivity contribution in [3.63, 3.8) is 0 Å². The Balaban J connectivity index is 2.22. The van der Waals surface area contributed by atoms with Gasteiger partial charge in [0.25, 0.3) is 0 Å². The minimum Gasteiger partial charge on any atom is -0.322 e. The van der Waals surface area contributed by atoms with Gasteiger partial charge < -0.3 is 10.6 Å². The highest BCUT2D eigenvalue weighted by molar-refractivity contribution is 7.92. The highest BCUT2D eigenvalue weighted by Gasteiger charge is 2.47. The van der Waals surface area contributed by atoms with E-state index in [1.807, 2.05) is 6.07 Å². The van der Waals surface area contributed by atoms with Crippen molar-refractivity contribution in [3.8, 4) is 6.07 Å². The molecular weight excluding hydrogens is 345 g/mol. The van der Waals surface area contributed by atoms with Crippen molar-refractivity contribution in [2.75, 3.05) is 6.54 Å². The zero-order chi connectivity index (χ0) is 18.8. The molecule has 0 aliphatic carbocycles. The fourth-order valence-corrected chi connectivity index (χ4v) is 4.29. The molecule has 2 N–H and O–H groups in total. The van der Waals surface area contributed by atoms with E-state index < -0.39 is 38.7 Å². The van der Waals surface area contributed by atoms with E-state index in [9.17, 15) is 17.6 Å². The molecule has 1 saturated heterocycles. The van der Waals surface area contributed by atoms with Crippen LogP contribution in [-0.4, -0.2) is 48.8 Å². The molecular formula is C17H22FN3O3S. The Morgan fingerprint density at radius 2 is 2.04 bits per heavy atom. The smallest absolute Gasteiger partial charge is 0.242 e. The van der Waals surface area contributed by atoms with Crippen LogP contribution in [0.15, 0.2) is 30.3 Å². The van der Waals surface area contributed by atoms with Crippen LogP contribution < -0.4 is 5.73 Å². The number of nitrogens with two attached hydrogens (primary N) is 1. The van der Waals surface area contributed by atoms with Crippen molar-refractivity contribution in [3.05, 3.63) is 35.9 Å². The first-order chi connectivity index (χ1) is 11.6. The number of carbonyl (C=O) groups excluding carboxylic acids is 1. The maximum Gasteiger partial charge on any atom is 0.242 e. The Kier molecular flexibility index (Phi) is 5.49. The average Bonchev–Trinajstić information content (AvgIpc) is 2.94. The third kappa shape index (κ3) is 3.83. The summed E-state index contributed by atoms with van der Waals surface area (Å²) in [5.74, 6) is -0.969. The summed E-state index contributed by atoms with van der Waals surface area (Å²) in [7, 11) is -3.77. The molecule has 1 aliphatic rings. The molecule has 25 heavy (non-hydrogen) atoms. The number of benzene rings is 1. The van der Waals surface area contributed by atoms with Gasteiger partial charge in [0.2, 0.25) is 5.91 Å². The number of amides is 1. The molecule has 1 aliphatic heterocycles. The minimum absolute atomic E-state index is 0.0772. The lowest BCUT2D eigenvalue weighted by molar-refractivity contribution is -0.133. The van der Waals surface area contributed by atoms with E-state index in [2.05, 4.69) is 0 Å². The predicted molar refractivity (Wildman–Crippen MR) is 91.7 cm³/mol. The summed E-state index contributed by atoms with van der Waals surface area (Å²) in [6, 6.07) is 8.16. The largest absolute Gasteiger partial charge is 0.322 e. The van der Waals surface area contributed by atoms with Gasteiger partial charge >= 0.3 is 0 Å². The third-order valence-electron chi connectivity index (χ3n) is 4.70. The van der Waals surface area contributed by atoms with Crippen LogP contribution in [0.25, 0.3) is 0 Å². The number of hydrogen-bond acceptors (Lipinski definition) is 5. The lowest BCUT2D eigenvalue weighted by atomic mass is 10.0. The standard InChI is InChI=1S/C17H22FN3O3S/c1-17(2,25(23,24)11-12-6-4-3-5-7-12)15(20)16(22)21-10-13(18)8-14(21)9-19/h3-7,13-15H,8,10-11,20H2,1-2H3/t13-,14-,15+/m0/s1. The van der Waals surface area contributed by atoms with Crippen LogP contribution in [0, 0.1) is 11.3 Å². The first-order valence-corrected chi connectivity index (χ1v) is 9.61. The van der Waals surface area contributed by atoms with Crippen molar-refractivity contribution in [2.45, 2.75) is 49.0 Å². The van der Waals surface area contributed by atoms with Gasteiger partial charge in [0.1, 0.15) is 18.3 Å². The molecule has 1 amide bonds. The summed E-state index contributed by atoms with van der Waals surface area (Å²) in [4.78, 5) is 13.7. The number of hydrogen-bond donors (Lipinski definition) is 1. The van der Waals surface area contributed by atoms with Crippen LogP contribution in [0.3, 0.4) is 0 Å². The van der Waals surface area contributed by atoms with E-state index >= 15 is 0 Å². The second kappa shape index (κ2) is 7.10. The lowest BCUT2D eigenvalue weighted by Crippen LogP contribution is -2.59. The molecule has 1 aromatic carbocycles. The highest BCUT2D eigenvalue weighted by atomic mass is 32.2. The van der Waals surface area contributed by atoms with Crippen molar-refractivity contribution >= 4 is 15.7 Å². The maximum atomic E-state index is 13.5. The monoisotopic (exact) mass is 367 g/mol. The average molecular weight is 367 g/mol. The molecule has 1 heterocycles. The van der Waals surface area contributed by atoms with Crippen molar-refractivity contribution in [1.82, 2.24) is 4.90 Å². The van der Waals surface area contributed by atoms with Gasteiger partial charge in [-0.3, -0.25) is 4.79 Å². The van der Waals surface area contributed by atoms with Crippen LogP contribution in [0.1, 0.15) is 25.8 Å². The molecule has 0 spiro atoms. The van der Waals surface area contributed by atoms with E-state index in [4.69, 9.17) is 11.0 Å². The SMILES string of the molecule is CC(C)([C@H](N)C(=O)N1C[C@@H](F)C[C@H]1C#N)S(=O)(=O)Cc1ccccc1. The van der Waals surface area contributed by atoms with E-state index in [1.165, 1.54) is 13.8 Å². The van der Waals surface area contributed by atoms with Crippen molar-refractivity contribution < 1.29 is 17.6 Å². The zero-order valence-electron chi connectivity index (χ0n) is 14.2. The number of halogens is 1. The van der Waals surface area contributed by atoms with Crippen LogP contribution in [-0.2, 0) is 20.4 Å². The fourth-order valence-electron chi connectivity index (χ4n) is 2.80. The minimum atomic E-state index is -3.77. The maximum absolute atomic E-state index is 13.5. The first kappa shape index (κ1) is 19.3. The molecule has 0 saturated carbocycles. The molecule has 1 fully saturated rings. The normalized spacial score (nSPS) is 22.4. The van der Waals surface area contributed by atoms with E-state index in [0.717, 1.165) is 4.90 Å². The number of nitrogens with zero attached hydrogens (tertiary/aromatic N) is 2. The first-order valence-electron chi connectivity index (χ1n) is 7.96. The van der Waals surface area contributed by atoms with E-state index in [1.54, 1.807) is 30.3 Å². The van der Waals surface area contributed by atoms with Crippen LogP contribution in [0.2, 0.25) is 0 Å². The van der Waals surface area contributed by atoms with E-state index in [0.29, 0.717) is 5.56 Å². The van der Waals surface area contributed by atoms with Crippen LogP contribution in [0.5, 0.6) is 0 Å². The molecule has 0 aromatic heterocycles. The number of sulfone groups is 1. The molecule has 3 atom stereocenters. The molecule has 0 radical (unpaired) electrons. The van der Waals surface area contributed by atoms with Gasteiger partial charge in [-0.25, -0.2) is 12.8 Å². The topological polar surface area (TPSA) is 104 Å². The molecule has 6 nitrogen and oxygen atoms in total. The van der Waals surface area contributed by atoms with Crippen LogP contribution in [0.4, 0.5) is 4.39 Å². The summed E-state index contributed by atoms with van der Waals surface area (Å²) in [6.07, 6.45) is -1.38. The number of likely N-dealkylation sites (tertiary alicyclic amines) is 1. The number of nitriles is 1. The van der Waals surface area contributed by atoms with Crippen molar-refractivity contribution in [2.24, 2.45) is 5.73 Å². The van der Waals surface area contributed by atoms with Gasteiger partial charge in [0.15, 0.2) is 9.84 Å². The van der Waals surface area contributed by atoms with Gasteiger partial charge in [-0.05, 0) is 19.4 Å².